The van der Waals surface area contributed by atoms with Gasteiger partial charge in [-0.25, -0.2) is 0 Å². The minimum absolute atomic E-state index is 0.0897. The monoisotopic (exact) mass is 989 g/mol. The van der Waals surface area contributed by atoms with Gasteiger partial charge in [0.25, 0.3) is 0 Å². The first-order valence-corrected chi connectivity index (χ1v) is 30.1. The Balaban J connectivity index is 4.43. The summed E-state index contributed by atoms with van der Waals surface area (Å²) in [5.41, 5.74) is 0. The topological polar surface area (TPSA) is 78.9 Å². The highest BCUT2D eigenvalue weighted by Crippen LogP contribution is 2.15. The van der Waals surface area contributed by atoms with Crippen LogP contribution in [0.25, 0.3) is 0 Å². The largest absolute Gasteiger partial charge is 0.462 e. The molecule has 71 heavy (non-hydrogen) atoms. The second-order valence-electron chi connectivity index (χ2n) is 19.9. The highest BCUT2D eigenvalue weighted by atomic mass is 16.6. The minimum Gasteiger partial charge on any atom is -0.462 e. The van der Waals surface area contributed by atoms with E-state index in [0.29, 0.717) is 19.3 Å². The highest BCUT2D eigenvalue weighted by molar-refractivity contribution is 5.71. The number of carbonyl (C=O) groups is 3. The van der Waals surface area contributed by atoms with Gasteiger partial charge in [0, 0.05) is 19.3 Å². The van der Waals surface area contributed by atoms with Gasteiger partial charge < -0.3 is 14.2 Å². The molecule has 0 heterocycles. The van der Waals surface area contributed by atoms with Crippen molar-refractivity contribution in [3.8, 4) is 0 Å². The Morgan fingerprint density at radius 3 is 0.901 bits per heavy atom. The number of rotatable bonds is 54. The summed E-state index contributed by atoms with van der Waals surface area (Å²) in [6, 6.07) is 0. The van der Waals surface area contributed by atoms with E-state index in [4.69, 9.17) is 14.2 Å². The van der Waals surface area contributed by atoms with Crippen LogP contribution in [0.4, 0.5) is 0 Å². The van der Waals surface area contributed by atoms with E-state index < -0.39 is 6.10 Å². The van der Waals surface area contributed by atoms with E-state index in [1.165, 1.54) is 141 Å². The third kappa shape index (κ3) is 57.4. The number of allylic oxidation sites excluding steroid dienone is 14. The summed E-state index contributed by atoms with van der Waals surface area (Å²) < 4.78 is 16.9. The quantitative estimate of drug-likeness (QED) is 0.0261. The number of esters is 3. The maximum absolute atomic E-state index is 12.9. The molecule has 6 nitrogen and oxygen atoms in total. The fourth-order valence-corrected chi connectivity index (χ4v) is 8.34. The Labute approximate surface area is 439 Å². The molecule has 0 N–H and O–H groups in total. The summed E-state index contributed by atoms with van der Waals surface area (Å²) in [6.07, 6.45) is 77.1. The van der Waals surface area contributed by atoms with Crippen molar-refractivity contribution in [3.05, 3.63) is 85.1 Å². The Morgan fingerprint density at radius 2 is 0.549 bits per heavy atom. The van der Waals surface area contributed by atoms with E-state index in [1.807, 2.05) is 0 Å². The first kappa shape index (κ1) is 67.6. The second-order valence-corrected chi connectivity index (χ2v) is 19.9. The average Bonchev–Trinajstić information content (AvgIpc) is 3.37. The lowest BCUT2D eigenvalue weighted by Gasteiger charge is -2.18. The summed E-state index contributed by atoms with van der Waals surface area (Å²) in [5, 5.41) is 0. The van der Waals surface area contributed by atoms with Crippen LogP contribution >= 0.6 is 0 Å². The number of carbonyl (C=O) groups excluding carboxylic acids is 3. The van der Waals surface area contributed by atoms with Gasteiger partial charge in [-0.2, -0.15) is 0 Å². The van der Waals surface area contributed by atoms with Crippen molar-refractivity contribution in [2.45, 2.75) is 297 Å². The molecule has 0 bridgehead atoms. The van der Waals surface area contributed by atoms with Crippen LogP contribution in [-0.4, -0.2) is 37.2 Å². The normalized spacial score (nSPS) is 12.7. The molecule has 0 radical (unpaired) electrons. The number of hydrogen-bond donors (Lipinski definition) is 0. The zero-order valence-electron chi connectivity index (χ0n) is 46.7. The van der Waals surface area contributed by atoms with Crippen LogP contribution in [0.2, 0.25) is 0 Å². The molecule has 0 aliphatic heterocycles. The molecular formula is C65H112O6. The van der Waals surface area contributed by atoms with Crippen LogP contribution in [0.3, 0.4) is 0 Å². The molecule has 408 valence electrons. The molecule has 1 unspecified atom stereocenters. The lowest BCUT2D eigenvalue weighted by atomic mass is 10.1. The maximum Gasteiger partial charge on any atom is 0.306 e. The average molecular weight is 990 g/mol. The van der Waals surface area contributed by atoms with Crippen molar-refractivity contribution < 1.29 is 28.6 Å². The molecule has 0 aromatic heterocycles. The van der Waals surface area contributed by atoms with E-state index in [0.717, 1.165) is 109 Å². The first-order chi connectivity index (χ1) is 35.0. The highest BCUT2D eigenvalue weighted by Gasteiger charge is 2.19. The number of ether oxygens (including phenoxy) is 3. The fraction of sp³-hybridized carbons (Fsp3) is 0.738. The van der Waals surface area contributed by atoms with Crippen LogP contribution in [0.1, 0.15) is 290 Å². The fourth-order valence-electron chi connectivity index (χ4n) is 8.34. The molecule has 0 aromatic rings. The van der Waals surface area contributed by atoms with Gasteiger partial charge in [0.2, 0.25) is 0 Å². The number of hydrogen-bond acceptors (Lipinski definition) is 6. The molecule has 1 atom stereocenters. The Kier molecular flexibility index (Phi) is 56.3. The van der Waals surface area contributed by atoms with Crippen LogP contribution in [0, 0.1) is 0 Å². The Bertz CT molecular complexity index is 1370. The summed E-state index contributed by atoms with van der Waals surface area (Å²) in [4.78, 5) is 38.2. The smallest absolute Gasteiger partial charge is 0.306 e. The summed E-state index contributed by atoms with van der Waals surface area (Å²) in [7, 11) is 0. The molecule has 0 aliphatic carbocycles. The van der Waals surface area contributed by atoms with Crippen molar-refractivity contribution in [1.29, 1.82) is 0 Å². The molecule has 0 spiro atoms. The molecule has 0 saturated carbocycles. The third-order valence-corrected chi connectivity index (χ3v) is 12.9. The molecule has 0 amide bonds. The zero-order chi connectivity index (χ0) is 51.4. The van der Waals surface area contributed by atoms with Crippen molar-refractivity contribution in [3.63, 3.8) is 0 Å². The maximum atomic E-state index is 12.9. The predicted molar refractivity (Wildman–Crippen MR) is 307 cm³/mol. The Morgan fingerprint density at radius 1 is 0.296 bits per heavy atom. The zero-order valence-corrected chi connectivity index (χ0v) is 46.7. The van der Waals surface area contributed by atoms with Crippen molar-refractivity contribution in [1.82, 2.24) is 0 Å². The van der Waals surface area contributed by atoms with Gasteiger partial charge >= 0.3 is 17.9 Å². The summed E-state index contributed by atoms with van der Waals surface area (Å²) in [6.45, 7) is 6.49. The van der Waals surface area contributed by atoms with Gasteiger partial charge in [-0.15, -0.1) is 0 Å². The van der Waals surface area contributed by atoms with Crippen LogP contribution in [-0.2, 0) is 28.6 Å². The van der Waals surface area contributed by atoms with E-state index in [9.17, 15) is 14.4 Å². The van der Waals surface area contributed by atoms with Gasteiger partial charge in [0.05, 0.1) is 0 Å². The lowest BCUT2D eigenvalue weighted by molar-refractivity contribution is -0.167. The molecule has 0 aromatic carbocycles. The summed E-state index contributed by atoms with van der Waals surface area (Å²) in [5.74, 6) is -0.915. The SMILES string of the molecule is CC/C=C\C/C=C\C/C=C\C/C=C\CCCCCCC(=O)OC(COC(=O)CCCCCCCCC/C=C\C/C=C\CCCCC)COC(=O)CCCCCCCCCCC/C=C\CCCCCCCC. The molecule has 0 saturated heterocycles. The van der Waals surface area contributed by atoms with Gasteiger partial charge in [-0.1, -0.05) is 241 Å². The molecule has 6 heteroatoms. The van der Waals surface area contributed by atoms with Gasteiger partial charge in [0.1, 0.15) is 13.2 Å². The minimum atomic E-state index is -0.795. The molecule has 0 aliphatic rings. The first-order valence-electron chi connectivity index (χ1n) is 30.1. The van der Waals surface area contributed by atoms with Crippen molar-refractivity contribution in [2.24, 2.45) is 0 Å². The second kappa shape index (κ2) is 59.2. The molecular weight excluding hydrogens is 877 g/mol. The Hall–Kier alpha value is -3.41. The van der Waals surface area contributed by atoms with Crippen molar-refractivity contribution >= 4 is 17.9 Å². The van der Waals surface area contributed by atoms with E-state index in [2.05, 4.69) is 106 Å². The third-order valence-electron chi connectivity index (χ3n) is 12.9. The number of unbranched alkanes of at least 4 members (excludes halogenated alkanes) is 29. The summed E-state index contributed by atoms with van der Waals surface area (Å²) >= 11 is 0. The van der Waals surface area contributed by atoms with Crippen molar-refractivity contribution in [2.75, 3.05) is 13.2 Å². The van der Waals surface area contributed by atoms with Gasteiger partial charge in [-0.3, -0.25) is 14.4 Å². The van der Waals surface area contributed by atoms with E-state index in [1.54, 1.807) is 0 Å². The van der Waals surface area contributed by atoms with E-state index >= 15 is 0 Å². The standard InChI is InChI=1S/C65H112O6/c1-4-7-10-13-16-19-22-25-28-31-32-35-37-40-43-46-49-52-55-58-64(67)70-61-62(71-65(68)59-56-53-50-47-44-41-38-34-30-27-24-21-18-15-12-9-6-3)60-69-63(66)57-54-51-48-45-42-39-36-33-29-26-23-20-17-14-11-8-5-2/h9,12,17-18,20-21,25-30,38,41,62H,4-8,10-11,13-16,19,22-24,31-37,39-40,42-61H2,1-3H3/b12-9-,20-17-,21-18-,28-25-,29-26-,30-27-,41-38-. The van der Waals surface area contributed by atoms with Crippen LogP contribution < -0.4 is 0 Å². The molecule has 0 rings (SSSR count). The predicted octanol–water partition coefficient (Wildman–Crippen LogP) is 20.3. The van der Waals surface area contributed by atoms with Crippen LogP contribution in [0.15, 0.2) is 85.1 Å². The molecule has 0 fully saturated rings. The van der Waals surface area contributed by atoms with Gasteiger partial charge in [-0.05, 0) is 116 Å². The van der Waals surface area contributed by atoms with Crippen LogP contribution in [0.5, 0.6) is 0 Å². The van der Waals surface area contributed by atoms with E-state index in [-0.39, 0.29) is 31.1 Å². The lowest BCUT2D eigenvalue weighted by Crippen LogP contribution is -2.30. The van der Waals surface area contributed by atoms with Gasteiger partial charge in [0.15, 0.2) is 6.10 Å².